The largest absolute Gasteiger partial charge is 0.497 e. The maximum atomic E-state index is 13.7. The number of hydrogen-bond acceptors (Lipinski definition) is 3. The van der Waals surface area contributed by atoms with Crippen LogP contribution in [0.15, 0.2) is 66.7 Å². The molecule has 29 heavy (non-hydrogen) atoms. The Morgan fingerprint density at radius 1 is 1.00 bits per heavy atom. The first-order chi connectivity index (χ1) is 14.3. The number of rotatable bonds is 6. The molecule has 2 aromatic carbocycles. The summed E-state index contributed by atoms with van der Waals surface area (Å²) in [6, 6.07) is 18.5. The first-order valence-electron chi connectivity index (χ1n) is 10.6. The lowest BCUT2D eigenvalue weighted by Crippen LogP contribution is -2.42. The fourth-order valence-corrected chi connectivity index (χ4v) is 4.48. The molecule has 4 rings (SSSR count). The SMILES string of the molecule is COc1ccc(C2CC=CCN(C(CN3CCCC3)c3ccccc3)C2=O)cc1. The molecule has 0 bridgehead atoms. The molecule has 4 heteroatoms. The zero-order valence-electron chi connectivity index (χ0n) is 17.2. The first kappa shape index (κ1) is 19.7. The molecule has 0 radical (unpaired) electrons. The van der Waals surface area contributed by atoms with Gasteiger partial charge in [0.2, 0.25) is 5.91 Å². The zero-order chi connectivity index (χ0) is 20.1. The maximum absolute atomic E-state index is 13.7. The Hall–Kier alpha value is -2.59. The van der Waals surface area contributed by atoms with Crippen LogP contribution in [-0.2, 0) is 4.79 Å². The van der Waals surface area contributed by atoms with Crippen molar-refractivity contribution in [2.24, 2.45) is 0 Å². The van der Waals surface area contributed by atoms with E-state index >= 15 is 0 Å². The molecule has 0 saturated carbocycles. The lowest BCUT2D eigenvalue weighted by Gasteiger charge is -2.35. The summed E-state index contributed by atoms with van der Waals surface area (Å²) in [4.78, 5) is 18.3. The molecular weight excluding hydrogens is 360 g/mol. The second kappa shape index (κ2) is 9.27. The summed E-state index contributed by atoms with van der Waals surface area (Å²) in [7, 11) is 1.67. The van der Waals surface area contributed by atoms with E-state index in [1.165, 1.54) is 18.4 Å². The quantitative estimate of drug-likeness (QED) is 0.685. The fourth-order valence-electron chi connectivity index (χ4n) is 4.48. The van der Waals surface area contributed by atoms with Crippen LogP contribution >= 0.6 is 0 Å². The summed E-state index contributed by atoms with van der Waals surface area (Å²) in [5.41, 5.74) is 2.27. The molecule has 0 aliphatic carbocycles. The Morgan fingerprint density at radius 2 is 1.72 bits per heavy atom. The van der Waals surface area contributed by atoms with E-state index < -0.39 is 0 Å². The number of methoxy groups -OCH3 is 1. The van der Waals surface area contributed by atoms with Crippen molar-refractivity contribution in [3.05, 3.63) is 77.9 Å². The lowest BCUT2D eigenvalue weighted by molar-refractivity contribution is -0.134. The standard InChI is InChI=1S/C25H30N2O2/c1-29-22-14-12-20(13-15-22)23-11-5-6-18-27(25(23)28)24(19-26-16-7-8-17-26)21-9-3-2-4-10-21/h2-6,9-10,12-15,23-24H,7-8,11,16-19H2,1H3. The number of ether oxygens (including phenoxy) is 1. The third-order valence-electron chi connectivity index (χ3n) is 6.13. The van der Waals surface area contributed by atoms with E-state index in [1.54, 1.807) is 7.11 Å². The highest BCUT2D eigenvalue weighted by molar-refractivity contribution is 5.85. The zero-order valence-corrected chi connectivity index (χ0v) is 17.2. The van der Waals surface area contributed by atoms with Gasteiger partial charge in [0.15, 0.2) is 0 Å². The third-order valence-corrected chi connectivity index (χ3v) is 6.13. The predicted molar refractivity (Wildman–Crippen MR) is 116 cm³/mol. The van der Waals surface area contributed by atoms with Gasteiger partial charge in [-0.3, -0.25) is 4.79 Å². The molecule has 4 nitrogen and oxygen atoms in total. The van der Waals surface area contributed by atoms with E-state index in [1.807, 2.05) is 30.3 Å². The minimum atomic E-state index is -0.149. The van der Waals surface area contributed by atoms with Crippen LogP contribution in [-0.4, -0.2) is 49.0 Å². The highest BCUT2D eigenvalue weighted by Gasteiger charge is 2.33. The van der Waals surface area contributed by atoms with Crippen LogP contribution in [0.3, 0.4) is 0 Å². The van der Waals surface area contributed by atoms with Gasteiger partial charge in [-0.2, -0.15) is 0 Å². The van der Waals surface area contributed by atoms with Gasteiger partial charge in [-0.05, 0) is 55.6 Å². The minimum absolute atomic E-state index is 0.0744. The van der Waals surface area contributed by atoms with Crippen LogP contribution in [0, 0.1) is 0 Å². The number of carbonyl (C=O) groups excluding carboxylic acids is 1. The molecule has 1 fully saturated rings. The fraction of sp³-hybridized carbons (Fsp3) is 0.400. The Bertz CT molecular complexity index is 826. The third kappa shape index (κ3) is 4.54. The number of hydrogen-bond donors (Lipinski definition) is 0. The second-order valence-electron chi connectivity index (χ2n) is 7.96. The van der Waals surface area contributed by atoms with Crippen molar-refractivity contribution < 1.29 is 9.53 Å². The summed E-state index contributed by atoms with van der Waals surface area (Å²) in [5, 5.41) is 0. The molecule has 1 amide bonds. The van der Waals surface area contributed by atoms with E-state index in [9.17, 15) is 4.79 Å². The van der Waals surface area contributed by atoms with Gasteiger partial charge >= 0.3 is 0 Å². The van der Waals surface area contributed by atoms with Crippen LogP contribution in [0.5, 0.6) is 5.75 Å². The Kier molecular flexibility index (Phi) is 6.30. The van der Waals surface area contributed by atoms with Crippen molar-refractivity contribution >= 4 is 5.91 Å². The van der Waals surface area contributed by atoms with Crippen LogP contribution in [0.2, 0.25) is 0 Å². The summed E-state index contributed by atoms with van der Waals surface area (Å²) >= 11 is 0. The minimum Gasteiger partial charge on any atom is -0.497 e. The molecule has 1 saturated heterocycles. The summed E-state index contributed by atoms with van der Waals surface area (Å²) in [5.74, 6) is 0.885. The maximum Gasteiger partial charge on any atom is 0.231 e. The molecule has 0 aromatic heterocycles. The monoisotopic (exact) mass is 390 g/mol. The Morgan fingerprint density at radius 3 is 2.41 bits per heavy atom. The highest BCUT2D eigenvalue weighted by Crippen LogP contribution is 2.32. The first-order valence-corrected chi connectivity index (χ1v) is 10.6. The smallest absolute Gasteiger partial charge is 0.231 e. The molecule has 2 atom stereocenters. The van der Waals surface area contributed by atoms with Gasteiger partial charge in [-0.25, -0.2) is 0 Å². The van der Waals surface area contributed by atoms with Crippen molar-refractivity contribution in [3.63, 3.8) is 0 Å². The predicted octanol–water partition coefficient (Wildman–Crippen LogP) is 4.40. The Labute approximate surface area is 173 Å². The van der Waals surface area contributed by atoms with E-state index in [4.69, 9.17) is 4.74 Å². The van der Waals surface area contributed by atoms with Crippen LogP contribution < -0.4 is 4.74 Å². The lowest BCUT2D eigenvalue weighted by atomic mass is 9.93. The van der Waals surface area contributed by atoms with Gasteiger partial charge in [-0.1, -0.05) is 54.6 Å². The van der Waals surface area contributed by atoms with Crippen molar-refractivity contribution in [3.8, 4) is 5.75 Å². The molecule has 2 heterocycles. The number of amides is 1. The number of carbonyl (C=O) groups is 1. The Balaban J connectivity index is 1.63. The number of allylic oxidation sites excluding steroid dienone is 1. The van der Waals surface area contributed by atoms with E-state index in [-0.39, 0.29) is 17.9 Å². The average Bonchev–Trinajstić information content (AvgIpc) is 3.21. The normalized spacial score (nSPS) is 21.2. The number of likely N-dealkylation sites (tertiary alicyclic amines) is 1. The topological polar surface area (TPSA) is 32.8 Å². The molecule has 0 spiro atoms. The van der Waals surface area contributed by atoms with Gasteiger partial charge in [0.1, 0.15) is 5.75 Å². The van der Waals surface area contributed by atoms with Crippen molar-refractivity contribution in [1.29, 1.82) is 0 Å². The second-order valence-corrected chi connectivity index (χ2v) is 7.96. The molecular formula is C25H30N2O2. The van der Waals surface area contributed by atoms with E-state index in [0.29, 0.717) is 6.54 Å². The number of nitrogens with zero attached hydrogens (tertiary/aromatic N) is 2. The molecule has 2 aromatic rings. The molecule has 2 aliphatic heterocycles. The van der Waals surface area contributed by atoms with Gasteiger partial charge in [0, 0.05) is 13.1 Å². The van der Waals surface area contributed by atoms with Crippen LogP contribution in [0.1, 0.15) is 42.3 Å². The van der Waals surface area contributed by atoms with Crippen molar-refractivity contribution in [2.75, 3.05) is 33.3 Å². The summed E-state index contributed by atoms with van der Waals surface area (Å²) < 4.78 is 5.28. The highest BCUT2D eigenvalue weighted by atomic mass is 16.5. The number of benzene rings is 2. The van der Waals surface area contributed by atoms with Gasteiger partial charge in [0.05, 0.1) is 19.1 Å². The van der Waals surface area contributed by atoms with Gasteiger partial charge in [-0.15, -0.1) is 0 Å². The van der Waals surface area contributed by atoms with E-state index in [0.717, 1.165) is 37.4 Å². The molecule has 2 aliphatic rings. The van der Waals surface area contributed by atoms with Crippen molar-refractivity contribution in [2.45, 2.75) is 31.2 Å². The summed E-state index contributed by atoms with van der Waals surface area (Å²) in [6.07, 6.45) is 7.56. The van der Waals surface area contributed by atoms with Crippen molar-refractivity contribution in [1.82, 2.24) is 9.80 Å². The van der Waals surface area contributed by atoms with Crippen LogP contribution in [0.25, 0.3) is 0 Å². The van der Waals surface area contributed by atoms with Crippen LogP contribution in [0.4, 0.5) is 0 Å². The molecule has 2 unspecified atom stereocenters. The van der Waals surface area contributed by atoms with Gasteiger partial charge in [0.25, 0.3) is 0 Å². The van der Waals surface area contributed by atoms with Gasteiger partial charge < -0.3 is 14.5 Å². The molecule has 0 N–H and O–H groups in total. The summed E-state index contributed by atoms with van der Waals surface area (Å²) in [6.45, 7) is 3.82. The van der Waals surface area contributed by atoms with E-state index in [2.05, 4.69) is 46.2 Å². The average molecular weight is 391 g/mol. The molecule has 152 valence electrons.